The second-order valence-corrected chi connectivity index (χ2v) is 5.54. The van der Waals surface area contributed by atoms with Crippen molar-refractivity contribution in [1.29, 1.82) is 0 Å². The van der Waals surface area contributed by atoms with Crippen LogP contribution < -0.4 is 10.6 Å². The normalized spacial score (nSPS) is 10.2. The van der Waals surface area contributed by atoms with E-state index in [1.165, 1.54) is 13.1 Å². The van der Waals surface area contributed by atoms with Crippen LogP contribution in [-0.4, -0.2) is 39.5 Å². The lowest BCUT2D eigenvalue weighted by Gasteiger charge is -2.08. The van der Waals surface area contributed by atoms with E-state index in [9.17, 15) is 14.0 Å². The fourth-order valence-electron chi connectivity index (χ4n) is 1.89. The average Bonchev–Trinajstić information content (AvgIpc) is 2.96. The Morgan fingerprint density at radius 3 is 2.79 bits per heavy atom. The maximum atomic E-state index is 14.0. The van der Waals surface area contributed by atoms with E-state index in [-0.39, 0.29) is 5.75 Å². The number of allylic oxidation sites excluding steroid dienone is 1. The van der Waals surface area contributed by atoms with E-state index in [2.05, 4.69) is 27.4 Å². The molecular weight excluding hydrogens is 333 g/mol. The van der Waals surface area contributed by atoms with Crippen LogP contribution in [0.3, 0.4) is 0 Å². The van der Waals surface area contributed by atoms with Gasteiger partial charge in [0.25, 0.3) is 0 Å². The van der Waals surface area contributed by atoms with Crippen LogP contribution in [0.1, 0.15) is 0 Å². The van der Waals surface area contributed by atoms with Gasteiger partial charge < -0.3 is 5.32 Å². The summed E-state index contributed by atoms with van der Waals surface area (Å²) in [6.45, 7) is 4.03. The van der Waals surface area contributed by atoms with Crippen LogP contribution in [0.15, 0.2) is 42.1 Å². The zero-order chi connectivity index (χ0) is 17.5. The molecule has 0 radical (unpaired) electrons. The number of benzene rings is 1. The minimum absolute atomic E-state index is 0.0278. The van der Waals surface area contributed by atoms with Gasteiger partial charge in [0.15, 0.2) is 11.0 Å². The minimum Gasteiger partial charge on any atom is -0.341 e. The summed E-state index contributed by atoms with van der Waals surface area (Å²) in [5, 5.41) is 12.9. The summed E-state index contributed by atoms with van der Waals surface area (Å²) in [7, 11) is 1.41. The first-order valence-corrected chi connectivity index (χ1v) is 7.98. The predicted molar refractivity (Wildman–Crippen MR) is 88.9 cm³/mol. The van der Waals surface area contributed by atoms with Crippen molar-refractivity contribution in [2.24, 2.45) is 0 Å². The van der Waals surface area contributed by atoms with E-state index < -0.39 is 17.8 Å². The van der Waals surface area contributed by atoms with E-state index in [0.717, 1.165) is 11.8 Å². The number of aromatic nitrogens is 3. The van der Waals surface area contributed by atoms with Gasteiger partial charge >= 0.3 is 6.03 Å². The molecule has 0 spiro atoms. The first kappa shape index (κ1) is 17.7. The molecule has 1 aromatic carbocycles. The third kappa shape index (κ3) is 4.19. The SMILES string of the molecule is C=CCn1c(SCC(=O)NC(=O)NC)nnc1-c1ccccc1F. The summed E-state index contributed by atoms with van der Waals surface area (Å²) >= 11 is 1.10. The quantitative estimate of drug-likeness (QED) is 0.613. The minimum atomic E-state index is -0.583. The topological polar surface area (TPSA) is 88.9 Å². The molecule has 1 aromatic heterocycles. The standard InChI is InChI=1S/C15H16FN5O2S/c1-3-8-21-13(10-6-4-5-7-11(10)16)19-20-15(21)24-9-12(22)18-14(23)17-2/h3-7H,1,8-9H2,2H3,(H2,17,18,22,23). The second kappa shape index (κ2) is 8.25. The van der Waals surface area contributed by atoms with Crippen LogP contribution in [0.5, 0.6) is 0 Å². The Kier molecular flexibility index (Phi) is 6.07. The molecular formula is C15H16FN5O2S. The van der Waals surface area contributed by atoms with E-state index in [1.807, 2.05) is 0 Å². The lowest BCUT2D eigenvalue weighted by atomic mass is 10.2. The molecule has 24 heavy (non-hydrogen) atoms. The van der Waals surface area contributed by atoms with Gasteiger partial charge in [0, 0.05) is 13.6 Å². The molecule has 0 aliphatic carbocycles. The fourth-order valence-corrected chi connectivity index (χ4v) is 2.63. The highest BCUT2D eigenvalue weighted by atomic mass is 32.2. The van der Waals surface area contributed by atoms with Crippen LogP contribution in [0.25, 0.3) is 11.4 Å². The Morgan fingerprint density at radius 2 is 2.12 bits per heavy atom. The molecule has 0 atom stereocenters. The van der Waals surface area contributed by atoms with Crippen LogP contribution in [0.4, 0.5) is 9.18 Å². The Balaban J connectivity index is 2.20. The molecule has 0 aliphatic rings. The predicted octanol–water partition coefficient (Wildman–Crippen LogP) is 1.82. The van der Waals surface area contributed by atoms with Crippen LogP contribution in [-0.2, 0) is 11.3 Å². The molecule has 2 aromatic rings. The number of hydrogen-bond donors (Lipinski definition) is 2. The molecule has 126 valence electrons. The van der Waals surface area contributed by atoms with Gasteiger partial charge in [-0.25, -0.2) is 9.18 Å². The van der Waals surface area contributed by atoms with Gasteiger partial charge in [0.2, 0.25) is 5.91 Å². The number of carbonyl (C=O) groups is 2. The largest absolute Gasteiger partial charge is 0.341 e. The Labute approximate surface area is 142 Å². The van der Waals surface area contributed by atoms with Crippen LogP contribution in [0.2, 0.25) is 0 Å². The van der Waals surface area contributed by atoms with Gasteiger partial charge in [-0.1, -0.05) is 30.0 Å². The maximum absolute atomic E-state index is 14.0. The van der Waals surface area contributed by atoms with Crippen molar-refractivity contribution in [2.45, 2.75) is 11.7 Å². The molecule has 0 bridgehead atoms. The van der Waals surface area contributed by atoms with Crippen molar-refractivity contribution in [3.8, 4) is 11.4 Å². The number of nitrogens with zero attached hydrogens (tertiary/aromatic N) is 3. The van der Waals surface area contributed by atoms with E-state index in [0.29, 0.717) is 23.1 Å². The first-order valence-electron chi connectivity index (χ1n) is 7.00. The number of urea groups is 1. The van der Waals surface area contributed by atoms with Gasteiger partial charge in [-0.15, -0.1) is 16.8 Å². The number of imide groups is 1. The number of amides is 3. The van der Waals surface area contributed by atoms with Crippen molar-refractivity contribution >= 4 is 23.7 Å². The molecule has 2 N–H and O–H groups in total. The molecule has 2 rings (SSSR count). The van der Waals surface area contributed by atoms with Crippen LogP contribution >= 0.6 is 11.8 Å². The lowest BCUT2D eigenvalue weighted by molar-refractivity contribution is -0.117. The maximum Gasteiger partial charge on any atom is 0.321 e. The molecule has 9 heteroatoms. The molecule has 0 unspecified atom stereocenters. The molecule has 3 amide bonds. The van der Waals surface area contributed by atoms with Gasteiger partial charge in [-0.3, -0.25) is 14.7 Å². The highest BCUT2D eigenvalue weighted by Crippen LogP contribution is 2.25. The van der Waals surface area contributed by atoms with Crippen molar-refractivity contribution in [3.63, 3.8) is 0 Å². The van der Waals surface area contributed by atoms with E-state index in [1.54, 1.807) is 28.8 Å². The molecule has 1 heterocycles. The number of carbonyl (C=O) groups excluding carboxylic acids is 2. The summed E-state index contributed by atoms with van der Waals surface area (Å²) in [6.07, 6.45) is 1.63. The second-order valence-electron chi connectivity index (χ2n) is 4.60. The number of thioether (sulfide) groups is 1. The van der Waals surface area contributed by atoms with Crippen molar-refractivity contribution < 1.29 is 14.0 Å². The van der Waals surface area contributed by atoms with Gasteiger partial charge in [0.05, 0.1) is 11.3 Å². The monoisotopic (exact) mass is 349 g/mol. The molecule has 0 saturated carbocycles. The van der Waals surface area contributed by atoms with Crippen LogP contribution in [0, 0.1) is 5.82 Å². The van der Waals surface area contributed by atoms with Crippen molar-refractivity contribution in [2.75, 3.05) is 12.8 Å². The molecule has 7 nitrogen and oxygen atoms in total. The summed E-state index contributed by atoms with van der Waals surface area (Å²) in [4.78, 5) is 22.7. The highest BCUT2D eigenvalue weighted by molar-refractivity contribution is 7.99. The number of hydrogen-bond acceptors (Lipinski definition) is 5. The Morgan fingerprint density at radius 1 is 1.38 bits per heavy atom. The van der Waals surface area contributed by atoms with E-state index in [4.69, 9.17) is 0 Å². The highest BCUT2D eigenvalue weighted by Gasteiger charge is 2.17. The van der Waals surface area contributed by atoms with Gasteiger partial charge in [-0.2, -0.15) is 0 Å². The summed E-state index contributed by atoms with van der Waals surface area (Å²) in [5.74, 6) is -0.564. The lowest BCUT2D eigenvalue weighted by Crippen LogP contribution is -2.38. The summed E-state index contributed by atoms with van der Waals surface area (Å²) in [5.41, 5.74) is 0.313. The first-order chi connectivity index (χ1) is 11.6. The molecule has 0 saturated heterocycles. The zero-order valence-electron chi connectivity index (χ0n) is 13.0. The average molecular weight is 349 g/mol. The zero-order valence-corrected chi connectivity index (χ0v) is 13.8. The van der Waals surface area contributed by atoms with Crippen molar-refractivity contribution in [3.05, 3.63) is 42.7 Å². The smallest absolute Gasteiger partial charge is 0.321 e. The summed E-state index contributed by atoms with van der Waals surface area (Å²) < 4.78 is 15.6. The molecule has 0 aliphatic heterocycles. The number of rotatable bonds is 6. The Bertz CT molecular complexity index is 762. The third-order valence-corrected chi connectivity index (χ3v) is 3.92. The Hall–Kier alpha value is -2.68. The number of nitrogens with one attached hydrogen (secondary N) is 2. The fraction of sp³-hybridized carbons (Fsp3) is 0.200. The third-order valence-electron chi connectivity index (χ3n) is 2.96. The molecule has 0 fully saturated rings. The van der Waals surface area contributed by atoms with Crippen molar-refractivity contribution in [1.82, 2.24) is 25.4 Å². The van der Waals surface area contributed by atoms with E-state index >= 15 is 0 Å². The van der Waals surface area contributed by atoms with Gasteiger partial charge in [-0.05, 0) is 12.1 Å². The summed E-state index contributed by atoms with van der Waals surface area (Å²) in [6, 6.07) is 5.65. The van der Waals surface area contributed by atoms with Gasteiger partial charge in [0.1, 0.15) is 5.82 Å². The number of halogens is 1.